The summed E-state index contributed by atoms with van der Waals surface area (Å²) in [5, 5.41) is 21.5. The molecule has 0 aliphatic heterocycles. The molecule has 4 heteroatoms. The van der Waals surface area contributed by atoms with Gasteiger partial charge < -0.3 is 10.2 Å². The van der Waals surface area contributed by atoms with Crippen LogP contribution in [0.1, 0.15) is 94.9 Å². The second-order valence-corrected chi connectivity index (χ2v) is 9.66. The molecule has 2 atom stereocenters. The Labute approximate surface area is 149 Å². The first-order valence-corrected chi connectivity index (χ1v) is 9.37. The molecule has 2 unspecified atom stereocenters. The summed E-state index contributed by atoms with van der Waals surface area (Å²) in [6, 6.07) is 0. The van der Waals surface area contributed by atoms with Crippen LogP contribution in [0.15, 0.2) is 0 Å². The number of hydrogen-bond donors (Lipinski definition) is 2. The maximum absolute atomic E-state index is 10.7. The monoisotopic (exact) mass is 346 g/mol. The fourth-order valence-electron chi connectivity index (χ4n) is 3.75. The van der Waals surface area contributed by atoms with E-state index in [0.717, 1.165) is 25.7 Å². The van der Waals surface area contributed by atoms with Gasteiger partial charge in [0.15, 0.2) is 0 Å². The van der Waals surface area contributed by atoms with Crippen LogP contribution in [0.2, 0.25) is 0 Å². The van der Waals surface area contributed by atoms with Gasteiger partial charge in [0.05, 0.1) is 12.2 Å². The predicted molar refractivity (Wildman–Crippen MR) is 99.7 cm³/mol. The molecule has 0 radical (unpaired) electrons. The van der Waals surface area contributed by atoms with Crippen LogP contribution >= 0.6 is 0 Å². The Kier molecular flexibility index (Phi) is 8.42. The fraction of sp³-hybridized carbons (Fsp3) is 1.00. The van der Waals surface area contributed by atoms with Crippen LogP contribution in [0.4, 0.5) is 0 Å². The zero-order valence-electron chi connectivity index (χ0n) is 17.7. The summed E-state index contributed by atoms with van der Waals surface area (Å²) in [7, 11) is 0. The average Bonchev–Trinajstić information content (AvgIpc) is 2.43. The molecule has 0 spiro atoms. The van der Waals surface area contributed by atoms with Crippen LogP contribution < -0.4 is 0 Å². The molecule has 146 valence electrons. The highest BCUT2D eigenvalue weighted by atomic mass is 17.2. The van der Waals surface area contributed by atoms with E-state index in [0.29, 0.717) is 0 Å². The summed E-state index contributed by atoms with van der Waals surface area (Å²) in [6.07, 6.45) is 2.43. The summed E-state index contributed by atoms with van der Waals surface area (Å²) < 4.78 is 0. The molecule has 0 heterocycles. The molecule has 24 heavy (non-hydrogen) atoms. The quantitative estimate of drug-likeness (QED) is 0.414. The first-order chi connectivity index (χ1) is 10.6. The van der Waals surface area contributed by atoms with E-state index in [2.05, 4.69) is 13.8 Å². The van der Waals surface area contributed by atoms with E-state index >= 15 is 0 Å². The second kappa shape index (κ2) is 8.48. The summed E-state index contributed by atoms with van der Waals surface area (Å²) in [6.45, 7) is 19.7. The molecule has 0 aromatic heterocycles. The van der Waals surface area contributed by atoms with E-state index < -0.39 is 23.4 Å². The van der Waals surface area contributed by atoms with E-state index in [-0.39, 0.29) is 10.8 Å². The SMILES string of the molecule is CCCC(C)(C)C(O)C(C)(C)OOC(C)(C)C(O)C(C)(C)CCC. The van der Waals surface area contributed by atoms with Gasteiger partial charge in [0.25, 0.3) is 0 Å². The zero-order valence-corrected chi connectivity index (χ0v) is 17.7. The Morgan fingerprint density at radius 3 is 1.08 bits per heavy atom. The lowest BCUT2D eigenvalue weighted by Gasteiger charge is -2.44. The van der Waals surface area contributed by atoms with Gasteiger partial charge in [0, 0.05) is 0 Å². The highest BCUT2D eigenvalue weighted by Crippen LogP contribution is 2.38. The van der Waals surface area contributed by atoms with Gasteiger partial charge in [0.2, 0.25) is 0 Å². The van der Waals surface area contributed by atoms with Crippen molar-refractivity contribution < 1.29 is 20.0 Å². The fourth-order valence-corrected chi connectivity index (χ4v) is 3.75. The van der Waals surface area contributed by atoms with Crippen molar-refractivity contribution >= 4 is 0 Å². The topological polar surface area (TPSA) is 58.9 Å². The number of aliphatic hydroxyl groups is 2. The molecule has 0 saturated heterocycles. The second-order valence-electron chi connectivity index (χ2n) is 9.66. The van der Waals surface area contributed by atoms with Crippen molar-refractivity contribution in [1.29, 1.82) is 0 Å². The van der Waals surface area contributed by atoms with Crippen LogP contribution in [-0.4, -0.2) is 33.6 Å². The third kappa shape index (κ3) is 6.29. The maximum atomic E-state index is 10.7. The van der Waals surface area contributed by atoms with Crippen molar-refractivity contribution in [2.24, 2.45) is 10.8 Å². The summed E-state index contributed by atoms with van der Waals surface area (Å²) >= 11 is 0. The van der Waals surface area contributed by atoms with Crippen LogP contribution in [-0.2, 0) is 9.78 Å². The molecule has 0 amide bonds. The number of aliphatic hydroxyl groups excluding tert-OH is 2. The van der Waals surface area contributed by atoms with E-state index in [1.165, 1.54) is 0 Å². The van der Waals surface area contributed by atoms with Crippen LogP contribution in [0.25, 0.3) is 0 Å². The van der Waals surface area contributed by atoms with Crippen LogP contribution in [0.3, 0.4) is 0 Å². The minimum atomic E-state index is -0.870. The lowest BCUT2D eigenvalue weighted by Crippen LogP contribution is -2.53. The van der Waals surface area contributed by atoms with Gasteiger partial charge in [-0.15, -0.1) is 0 Å². The largest absolute Gasteiger partial charge is 0.389 e. The third-order valence-corrected chi connectivity index (χ3v) is 5.06. The van der Waals surface area contributed by atoms with E-state index in [4.69, 9.17) is 9.78 Å². The molecule has 0 aliphatic carbocycles. The molecule has 0 saturated carbocycles. The first-order valence-electron chi connectivity index (χ1n) is 9.37. The van der Waals surface area contributed by atoms with Gasteiger partial charge in [-0.25, -0.2) is 9.78 Å². The van der Waals surface area contributed by atoms with Crippen LogP contribution in [0.5, 0.6) is 0 Å². The molecule has 0 fully saturated rings. The molecule has 0 aromatic rings. The molecule has 0 aliphatic rings. The van der Waals surface area contributed by atoms with Crippen molar-refractivity contribution in [3.05, 3.63) is 0 Å². The maximum Gasteiger partial charge on any atom is 0.124 e. The zero-order chi connectivity index (χ0) is 19.4. The Morgan fingerprint density at radius 2 is 0.875 bits per heavy atom. The van der Waals surface area contributed by atoms with Crippen molar-refractivity contribution in [3.8, 4) is 0 Å². The Hall–Kier alpha value is -0.160. The number of rotatable bonds is 11. The number of hydrogen-bond acceptors (Lipinski definition) is 4. The standard InChI is InChI=1S/C20H42O4/c1-11-13-17(3,4)15(21)19(7,8)23-24-20(9,10)16(22)18(5,6)14-12-2/h15-16,21-22H,11-14H2,1-10H3. The minimum Gasteiger partial charge on any atom is -0.389 e. The summed E-state index contributed by atoms with van der Waals surface area (Å²) in [4.78, 5) is 11.3. The molecule has 0 aromatic carbocycles. The van der Waals surface area contributed by atoms with Crippen LogP contribution in [0, 0.1) is 10.8 Å². The molecular weight excluding hydrogens is 304 g/mol. The van der Waals surface area contributed by atoms with Gasteiger partial charge in [0.1, 0.15) is 11.2 Å². The average molecular weight is 347 g/mol. The van der Waals surface area contributed by atoms with Crippen molar-refractivity contribution in [3.63, 3.8) is 0 Å². The van der Waals surface area contributed by atoms with Gasteiger partial charge in [-0.2, -0.15) is 0 Å². The molecule has 0 bridgehead atoms. The lowest BCUT2D eigenvalue weighted by atomic mass is 9.75. The van der Waals surface area contributed by atoms with Gasteiger partial charge >= 0.3 is 0 Å². The predicted octanol–water partition coefficient (Wildman–Crippen LogP) is 4.87. The van der Waals surface area contributed by atoms with E-state index in [1.807, 2.05) is 55.4 Å². The highest BCUT2D eigenvalue weighted by molar-refractivity contribution is 4.92. The first kappa shape index (κ1) is 23.8. The molecule has 0 rings (SSSR count). The Morgan fingerprint density at radius 1 is 0.625 bits per heavy atom. The van der Waals surface area contributed by atoms with Crippen molar-refractivity contribution in [2.75, 3.05) is 0 Å². The third-order valence-electron chi connectivity index (χ3n) is 5.06. The van der Waals surface area contributed by atoms with E-state index in [9.17, 15) is 10.2 Å². The normalized spacial score (nSPS) is 17.0. The molecule has 4 nitrogen and oxygen atoms in total. The van der Waals surface area contributed by atoms with Gasteiger partial charge in [-0.3, -0.25) is 0 Å². The summed E-state index contributed by atoms with van der Waals surface area (Å²) in [5.74, 6) is 0. The lowest BCUT2D eigenvalue weighted by molar-refractivity contribution is -0.432. The Bertz CT molecular complexity index is 336. The van der Waals surface area contributed by atoms with Crippen molar-refractivity contribution in [2.45, 2.75) is 118 Å². The Balaban J connectivity index is 5.02. The van der Waals surface area contributed by atoms with E-state index in [1.54, 1.807) is 0 Å². The minimum absolute atomic E-state index is 0.272. The highest BCUT2D eigenvalue weighted by Gasteiger charge is 2.45. The van der Waals surface area contributed by atoms with Gasteiger partial charge in [-0.05, 0) is 51.4 Å². The molecule has 2 N–H and O–H groups in total. The van der Waals surface area contributed by atoms with Gasteiger partial charge in [-0.1, -0.05) is 54.4 Å². The molecular formula is C20H42O4. The summed E-state index contributed by atoms with van der Waals surface area (Å²) in [5.41, 5.74) is -2.28. The van der Waals surface area contributed by atoms with Crippen molar-refractivity contribution in [1.82, 2.24) is 0 Å². The smallest absolute Gasteiger partial charge is 0.124 e.